The van der Waals surface area contributed by atoms with E-state index in [1.54, 1.807) is 11.0 Å². The van der Waals surface area contributed by atoms with Crippen molar-refractivity contribution in [2.75, 3.05) is 25.1 Å². The van der Waals surface area contributed by atoms with Crippen LogP contribution in [-0.2, 0) is 6.18 Å². The first kappa shape index (κ1) is 22.9. The van der Waals surface area contributed by atoms with E-state index in [-0.39, 0.29) is 23.5 Å². The van der Waals surface area contributed by atoms with Crippen LogP contribution in [0.25, 0.3) is 27.8 Å². The number of aromatic amines is 1. The number of fused-ring (bicyclic) bond motifs is 1. The van der Waals surface area contributed by atoms with Gasteiger partial charge in [-0.1, -0.05) is 0 Å². The lowest BCUT2D eigenvalue weighted by Crippen LogP contribution is -2.26. The minimum atomic E-state index is -4.76. The van der Waals surface area contributed by atoms with Crippen molar-refractivity contribution in [2.45, 2.75) is 18.7 Å². The number of alkyl halides is 3. The van der Waals surface area contributed by atoms with Crippen molar-refractivity contribution in [3.05, 3.63) is 70.4 Å². The van der Waals surface area contributed by atoms with E-state index >= 15 is 0 Å². The van der Waals surface area contributed by atoms with E-state index in [0.717, 1.165) is 12.1 Å². The molecule has 4 aromatic rings. The normalized spacial score (nSPS) is 16.3. The largest absolute Gasteiger partial charge is 0.494 e. The number of halogens is 4. The molecule has 5 rings (SSSR count). The molecule has 2 N–H and O–H groups in total. The molecule has 0 bridgehead atoms. The molecule has 1 atom stereocenters. The van der Waals surface area contributed by atoms with Crippen LogP contribution in [0.2, 0.25) is 0 Å². The Kier molecular flexibility index (Phi) is 5.51. The fraction of sp³-hybridized carbons (Fsp3) is 0.250. The van der Waals surface area contributed by atoms with Crippen LogP contribution >= 0.6 is 0 Å². The van der Waals surface area contributed by atoms with Crippen LogP contribution in [0.3, 0.4) is 0 Å². The highest BCUT2D eigenvalue weighted by molar-refractivity contribution is 5.92. The van der Waals surface area contributed by atoms with E-state index < -0.39 is 34.9 Å². The van der Waals surface area contributed by atoms with Crippen LogP contribution in [0.1, 0.15) is 12.0 Å². The van der Waals surface area contributed by atoms with Crippen molar-refractivity contribution in [1.29, 1.82) is 0 Å². The molecular weight excluding hydrogens is 468 g/mol. The van der Waals surface area contributed by atoms with Gasteiger partial charge in [0.1, 0.15) is 11.2 Å². The van der Waals surface area contributed by atoms with Crippen LogP contribution in [0.5, 0.6) is 5.75 Å². The molecule has 0 unspecified atom stereocenters. The Morgan fingerprint density at radius 1 is 1.17 bits per heavy atom. The number of aliphatic hydroxyl groups is 1. The fourth-order valence-electron chi connectivity index (χ4n) is 4.34. The number of nitrogens with zero attached hydrogens (tertiary/aromatic N) is 3. The molecule has 11 heteroatoms. The summed E-state index contributed by atoms with van der Waals surface area (Å²) >= 11 is 0. The maximum Gasteiger partial charge on any atom is 0.418 e. The van der Waals surface area contributed by atoms with E-state index in [9.17, 15) is 27.5 Å². The van der Waals surface area contributed by atoms with Crippen molar-refractivity contribution in [3.8, 4) is 22.7 Å². The third-order valence-corrected chi connectivity index (χ3v) is 6.08. The highest BCUT2D eigenvalue weighted by Crippen LogP contribution is 2.37. The first-order valence-corrected chi connectivity index (χ1v) is 10.8. The highest BCUT2D eigenvalue weighted by Gasteiger charge is 2.36. The molecule has 1 aliphatic heterocycles. The number of methoxy groups -OCH3 is 1. The summed E-state index contributed by atoms with van der Waals surface area (Å²) in [4.78, 5) is 17.8. The number of rotatable bonds is 4. The van der Waals surface area contributed by atoms with Crippen LogP contribution in [0.4, 0.5) is 23.2 Å². The summed E-state index contributed by atoms with van der Waals surface area (Å²) in [5.74, 6) is -0.689. The van der Waals surface area contributed by atoms with Gasteiger partial charge in [-0.3, -0.25) is 4.79 Å². The number of H-pyrrole nitrogens is 1. The second kappa shape index (κ2) is 8.42. The molecular formula is C24H20F4N4O3. The van der Waals surface area contributed by atoms with E-state index in [0.29, 0.717) is 34.3 Å². The number of aromatic nitrogens is 3. The Labute approximate surface area is 196 Å². The molecule has 182 valence electrons. The summed E-state index contributed by atoms with van der Waals surface area (Å²) in [5.41, 5.74) is -1.25. The Hall–Kier alpha value is -3.86. The predicted molar refractivity (Wildman–Crippen MR) is 121 cm³/mol. The third-order valence-electron chi connectivity index (χ3n) is 6.08. The minimum absolute atomic E-state index is 0.0495. The summed E-state index contributed by atoms with van der Waals surface area (Å²) in [6.07, 6.45) is -3.38. The van der Waals surface area contributed by atoms with E-state index in [1.807, 2.05) is 0 Å². The first-order chi connectivity index (χ1) is 16.7. The number of β-amino-alcohol motifs (C(OH)–C–C–N with tert-alkyl or cyclic N) is 1. The molecule has 0 spiro atoms. The van der Waals surface area contributed by atoms with Crippen LogP contribution in [0.15, 0.2) is 53.5 Å². The third kappa shape index (κ3) is 4.01. The second-order valence-corrected chi connectivity index (χ2v) is 8.27. The lowest BCUT2D eigenvalue weighted by molar-refractivity contribution is -0.137. The molecule has 7 nitrogen and oxygen atoms in total. The lowest BCUT2D eigenvalue weighted by atomic mass is 10.1. The molecule has 0 radical (unpaired) electrons. The monoisotopic (exact) mass is 488 g/mol. The number of anilines is 1. The van der Waals surface area contributed by atoms with Crippen molar-refractivity contribution in [2.24, 2.45) is 0 Å². The average Bonchev–Trinajstić information content (AvgIpc) is 3.49. The van der Waals surface area contributed by atoms with Gasteiger partial charge in [0.2, 0.25) is 0 Å². The van der Waals surface area contributed by atoms with Gasteiger partial charge in [0.15, 0.2) is 11.6 Å². The standard InChI is InChI=1S/C24H20F4N4O3/c1-35-20-10-13(2-5-18(20)25)21-16-6-8-29-22(16)23(34)32(30-21)19-11-14(31-9-7-15(33)12-31)3-4-17(19)24(26,27)28/h2-6,8,10-11,15,29,33H,7,9,12H2,1H3/t15-/m0/s1. The topological polar surface area (TPSA) is 83.4 Å². The van der Waals surface area contributed by atoms with Crippen molar-refractivity contribution in [3.63, 3.8) is 0 Å². The van der Waals surface area contributed by atoms with Gasteiger partial charge in [0.25, 0.3) is 5.56 Å². The number of nitrogens with one attached hydrogen (secondary N) is 1. The summed E-state index contributed by atoms with van der Waals surface area (Å²) in [7, 11) is 1.29. The van der Waals surface area contributed by atoms with Crippen LogP contribution < -0.4 is 15.2 Å². The van der Waals surface area contributed by atoms with Gasteiger partial charge in [-0.2, -0.15) is 23.0 Å². The van der Waals surface area contributed by atoms with E-state index in [1.165, 1.54) is 37.6 Å². The summed E-state index contributed by atoms with van der Waals surface area (Å²) in [6.45, 7) is 0.730. The van der Waals surface area contributed by atoms with Crippen LogP contribution in [-0.4, -0.2) is 46.2 Å². The molecule has 0 amide bonds. The maximum absolute atomic E-state index is 14.0. The molecule has 1 aliphatic rings. The average molecular weight is 488 g/mol. The Bertz CT molecular complexity index is 1480. The zero-order valence-corrected chi connectivity index (χ0v) is 18.4. The Balaban J connectivity index is 1.77. The second-order valence-electron chi connectivity index (χ2n) is 8.27. The van der Waals surface area contributed by atoms with Crippen molar-refractivity contribution < 1.29 is 27.4 Å². The van der Waals surface area contributed by atoms with Gasteiger partial charge in [-0.15, -0.1) is 0 Å². The van der Waals surface area contributed by atoms with Gasteiger partial charge in [0.05, 0.1) is 24.5 Å². The Morgan fingerprint density at radius 3 is 2.66 bits per heavy atom. The molecule has 3 heterocycles. The molecule has 0 aliphatic carbocycles. The van der Waals surface area contributed by atoms with Gasteiger partial charge >= 0.3 is 6.18 Å². The zero-order valence-electron chi connectivity index (χ0n) is 18.4. The van der Waals surface area contributed by atoms with Crippen molar-refractivity contribution >= 4 is 16.6 Å². The number of hydrogen-bond donors (Lipinski definition) is 2. The highest BCUT2D eigenvalue weighted by atomic mass is 19.4. The van der Waals surface area contributed by atoms with Gasteiger partial charge in [0, 0.05) is 35.9 Å². The van der Waals surface area contributed by atoms with Crippen LogP contribution in [0, 0.1) is 5.82 Å². The summed E-state index contributed by atoms with van der Waals surface area (Å²) in [6, 6.07) is 8.98. The van der Waals surface area contributed by atoms with Gasteiger partial charge in [-0.05, 0) is 48.9 Å². The SMILES string of the molecule is COc1cc(-c2nn(-c3cc(N4CC[C@H](O)C4)ccc3C(F)(F)F)c(=O)c3[nH]ccc23)ccc1F. The lowest BCUT2D eigenvalue weighted by Gasteiger charge is -2.21. The molecule has 2 aromatic carbocycles. The number of benzene rings is 2. The molecule has 35 heavy (non-hydrogen) atoms. The molecule has 2 aromatic heterocycles. The fourth-order valence-corrected chi connectivity index (χ4v) is 4.34. The smallest absolute Gasteiger partial charge is 0.418 e. The van der Waals surface area contributed by atoms with Gasteiger partial charge < -0.3 is 19.7 Å². The molecule has 0 saturated carbocycles. The summed E-state index contributed by atoms with van der Waals surface area (Å²) in [5, 5.41) is 14.5. The van der Waals surface area contributed by atoms with E-state index in [2.05, 4.69) is 10.1 Å². The molecule has 1 fully saturated rings. The predicted octanol–water partition coefficient (Wildman–Crippen LogP) is 4.12. The van der Waals surface area contributed by atoms with E-state index in [4.69, 9.17) is 4.74 Å². The number of aliphatic hydroxyl groups excluding tert-OH is 1. The van der Waals surface area contributed by atoms with Crippen molar-refractivity contribution in [1.82, 2.24) is 14.8 Å². The maximum atomic E-state index is 14.0. The number of ether oxygens (including phenoxy) is 1. The Morgan fingerprint density at radius 2 is 1.97 bits per heavy atom. The quantitative estimate of drug-likeness (QED) is 0.423. The number of hydrogen-bond acceptors (Lipinski definition) is 5. The molecule has 1 saturated heterocycles. The summed E-state index contributed by atoms with van der Waals surface area (Å²) < 4.78 is 61.7. The first-order valence-electron chi connectivity index (χ1n) is 10.8. The van der Waals surface area contributed by atoms with Gasteiger partial charge in [-0.25, -0.2) is 4.39 Å². The zero-order chi connectivity index (χ0) is 24.9. The minimum Gasteiger partial charge on any atom is -0.494 e.